The number of aromatic nitrogens is 1. The van der Waals surface area contributed by atoms with E-state index in [-0.39, 0.29) is 12.7 Å². The van der Waals surface area contributed by atoms with Gasteiger partial charge in [-0.05, 0) is 44.4 Å². The maximum absolute atomic E-state index is 12.1. The number of rotatable bonds is 5. The molecule has 1 aliphatic heterocycles. The summed E-state index contributed by atoms with van der Waals surface area (Å²) in [7, 11) is 0. The minimum absolute atomic E-state index is 0.271. The Morgan fingerprint density at radius 2 is 2.21 bits per heavy atom. The van der Waals surface area contributed by atoms with Crippen molar-refractivity contribution in [3.63, 3.8) is 0 Å². The molecule has 0 unspecified atom stereocenters. The van der Waals surface area contributed by atoms with Crippen LogP contribution in [0.25, 0.3) is 0 Å². The molecule has 1 aliphatic rings. The minimum Gasteiger partial charge on any atom is -0.454 e. The minimum atomic E-state index is -0.288. The van der Waals surface area contributed by atoms with Crippen molar-refractivity contribution in [2.45, 2.75) is 26.7 Å². The summed E-state index contributed by atoms with van der Waals surface area (Å²) in [5.74, 6) is 1.26. The Hall–Kier alpha value is -2.61. The molecule has 0 fully saturated rings. The van der Waals surface area contributed by atoms with E-state index in [0.29, 0.717) is 15.7 Å². The summed E-state index contributed by atoms with van der Waals surface area (Å²) in [6.45, 7) is 3.89. The van der Waals surface area contributed by atoms with Crippen molar-refractivity contribution in [1.82, 2.24) is 10.4 Å². The molecule has 126 valence electrons. The van der Waals surface area contributed by atoms with Gasteiger partial charge in [-0.15, -0.1) is 0 Å². The first kappa shape index (κ1) is 16.3. The lowest BCUT2D eigenvalue weighted by Crippen LogP contribution is -2.19. The summed E-state index contributed by atoms with van der Waals surface area (Å²) in [4.78, 5) is 16.6. The van der Waals surface area contributed by atoms with Crippen LogP contribution in [-0.4, -0.2) is 23.4 Å². The fourth-order valence-corrected chi connectivity index (χ4v) is 3.03. The largest absolute Gasteiger partial charge is 0.454 e. The molecule has 7 nitrogen and oxygen atoms in total. The Bertz CT molecular complexity index is 801. The van der Waals surface area contributed by atoms with Crippen molar-refractivity contribution >= 4 is 28.1 Å². The molecule has 0 atom stereocenters. The summed E-state index contributed by atoms with van der Waals surface area (Å²) in [6, 6.07) is 5.88. The van der Waals surface area contributed by atoms with Gasteiger partial charge in [0, 0.05) is 5.71 Å². The predicted octanol–water partition coefficient (Wildman–Crippen LogP) is 2.50. The molecular weight excluding hydrogens is 328 g/mol. The fourth-order valence-electron chi connectivity index (χ4n) is 2.30. The number of carbonyl (C=O) groups is 1. The van der Waals surface area contributed by atoms with E-state index in [1.165, 1.54) is 0 Å². The Balaban J connectivity index is 1.55. The second kappa shape index (κ2) is 6.88. The van der Waals surface area contributed by atoms with Gasteiger partial charge in [-0.1, -0.05) is 17.4 Å². The first-order chi connectivity index (χ1) is 11.5. The standard InChI is InChI=1S/C16H18N4O3S/c1-9(19-20-15(21)14-10(2)18-16(17)24-14)3-4-11-5-6-12-13(7-11)23-8-22-12/h5-7H,3-4,8H2,1-2H3,(H2,17,18)(H,20,21)/b19-9+. The van der Waals surface area contributed by atoms with Crippen LogP contribution >= 0.6 is 11.3 Å². The van der Waals surface area contributed by atoms with Gasteiger partial charge in [-0.25, -0.2) is 10.4 Å². The lowest BCUT2D eigenvalue weighted by atomic mass is 10.1. The highest BCUT2D eigenvalue weighted by Gasteiger charge is 2.14. The molecular formula is C16H18N4O3S. The number of hydrogen-bond acceptors (Lipinski definition) is 7. The third kappa shape index (κ3) is 3.65. The molecule has 0 saturated carbocycles. The second-order valence-corrected chi connectivity index (χ2v) is 6.47. The number of ether oxygens (including phenoxy) is 2. The van der Waals surface area contributed by atoms with Gasteiger partial charge in [0.1, 0.15) is 4.88 Å². The van der Waals surface area contributed by atoms with Crippen LogP contribution in [-0.2, 0) is 6.42 Å². The molecule has 2 heterocycles. The molecule has 3 N–H and O–H groups in total. The highest BCUT2D eigenvalue weighted by atomic mass is 32.1. The van der Waals surface area contributed by atoms with Crippen molar-refractivity contribution in [2.75, 3.05) is 12.5 Å². The number of nitrogens with one attached hydrogen (secondary N) is 1. The Labute approximate surface area is 143 Å². The molecule has 1 amide bonds. The lowest BCUT2D eigenvalue weighted by Gasteiger charge is -2.04. The van der Waals surface area contributed by atoms with E-state index >= 15 is 0 Å². The van der Waals surface area contributed by atoms with Gasteiger partial charge in [-0.2, -0.15) is 5.10 Å². The third-order valence-corrected chi connectivity index (χ3v) is 4.57. The maximum atomic E-state index is 12.1. The van der Waals surface area contributed by atoms with Gasteiger partial charge in [0.05, 0.1) is 5.69 Å². The van der Waals surface area contributed by atoms with Gasteiger partial charge in [0.2, 0.25) is 6.79 Å². The van der Waals surface area contributed by atoms with Crippen molar-refractivity contribution in [3.05, 3.63) is 34.3 Å². The number of nitrogens with zero attached hydrogens (tertiary/aromatic N) is 2. The second-order valence-electron chi connectivity index (χ2n) is 5.44. The van der Waals surface area contributed by atoms with E-state index in [1.54, 1.807) is 6.92 Å². The average molecular weight is 346 g/mol. The lowest BCUT2D eigenvalue weighted by molar-refractivity contribution is 0.0958. The van der Waals surface area contributed by atoms with E-state index in [0.717, 1.165) is 47.0 Å². The third-order valence-electron chi connectivity index (χ3n) is 3.58. The number of aryl methyl sites for hydroxylation is 2. The summed E-state index contributed by atoms with van der Waals surface area (Å²) < 4.78 is 10.7. The van der Waals surface area contributed by atoms with Crippen LogP contribution < -0.4 is 20.6 Å². The zero-order chi connectivity index (χ0) is 17.1. The Morgan fingerprint density at radius 3 is 2.96 bits per heavy atom. The number of hydrogen-bond donors (Lipinski definition) is 2. The molecule has 24 heavy (non-hydrogen) atoms. The summed E-state index contributed by atoms with van der Waals surface area (Å²) in [5.41, 5.74) is 10.7. The molecule has 0 radical (unpaired) electrons. The van der Waals surface area contributed by atoms with Crippen LogP contribution in [0.1, 0.15) is 34.3 Å². The predicted molar refractivity (Wildman–Crippen MR) is 92.7 cm³/mol. The van der Waals surface area contributed by atoms with Crippen LogP contribution in [0.4, 0.5) is 5.13 Å². The number of thiazole rings is 1. The number of benzene rings is 1. The topological polar surface area (TPSA) is 98.8 Å². The van der Waals surface area contributed by atoms with Crippen LogP contribution in [0, 0.1) is 6.92 Å². The van der Waals surface area contributed by atoms with E-state index in [4.69, 9.17) is 15.2 Å². The van der Waals surface area contributed by atoms with Gasteiger partial charge < -0.3 is 15.2 Å². The smallest absolute Gasteiger partial charge is 0.283 e. The van der Waals surface area contributed by atoms with Gasteiger partial charge >= 0.3 is 0 Å². The number of anilines is 1. The molecule has 0 saturated heterocycles. The number of nitrogen functional groups attached to an aromatic ring is 1. The van der Waals surface area contributed by atoms with Gasteiger partial charge in [0.15, 0.2) is 16.6 Å². The Kier molecular flexibility index (Phi) is 4.66. The van der Waals surface area contributed by atoms with Crippen LogP contribution in [0.3, 0.4) is 0 Å². The van der Waals surface area contributed by atoms with E-state index in [2.05, 4.69) is 15.5 Å². The number of fused-ring (bicyclic) bond motifs is 1. The molecule has 1 aromatic heterocycles. The fraction of sp³-hybridized carbons (Fsp3) is 0.312. The van der Waals surface area contributed by atoms with Gasteiger partial charge in [0.25, 0.3) is 5.91 Å². The molecule has 0 bridgehead atoms. The molecule has 0 aliphatic carbocycles. The van der Waals surface area contributed by atoms with E-state index in [9.17, 15) is 4.79 Å². The zero-order valence-corrected chi connectivity index (χ0v) is 14.3. The molecule has 1 aromatic carbocycles. The van der Waals surface area contributed by atoms with Crippen molar-refractivity contribution in [3.8, 4) is 11.5 Å². The molecule has 8 heteroatoms. The van der Waals surface area contributed by atoms with Crippen LogP contribution in [0.15, 0.2) is 23.3 Å². The monoisotopic (exact) mass is 346 g/mol. The van der Waals surface area contributed by atoms with Crippen LogP contribution in [0.2, 0.25) is 0 Å². The number of hydrazone groups is 1. The molecule has 0 spiro atoms. The number of amides is 1. The normalized spacial score (nSPS) is 13.2. The van der Waals surface area contributed by atoms with Crippen molar-refractivity contribution in [1.29, 1.82) is 0 Å². The van der Waals surface area contributed by atoms with Crippen LogP contribution in [0.5, 0.6) is 11.5 Å². The average Bonchev–Trinajstić information content (AvgIpc) is 3.15. The highest BCUT2D eigenvalue weighted by Crippen LogP contribution is 2.32. The highest BCUT2D eigenvalue weighted by molar-refractivity contribution is 7.17. The molecule has 2 aromatic rings. The van der Waals surface area contributed by atoms with Gasteiger partial charge in [-0.3, -0.25) is 4.79 Å². The molecule has 3 rings (SSSR count). The maximum Gasteiger partial charge on any atom is 0.283 e. The first-order valence-electron chi connectivity index (χ1n) is 7.48. The summed E-state index contributed by atoms with van der Waals surface area (Å²) in [5, 5.41) is 4.51. The Morgan fingerprint density at radius 1 is 1.42 bits per heavy atom. The van der Waals surface area contributed by atoms with E-state index in [1.807, 2.05) is 25.1 Å². The van der Waals surface area contributed by atoms with Crippen molar-refractivity contribution < 1.29 is 14.3 Å². The quantitative estimate of drug-likeness (QED) is 0.640. The number of carbonyl (C=O) groups excluding carboxylic acids is 1. The SMILES string of the molecule is C/C(CCc1ccc2c(c1)OCO2)=N\NC(=O)c1sc(N)nc1C. The summed E-state index contributed by atoms with van der Waals surface area (Å²) >= 11 is 1.16. The van der Waals surface area contributed by atoms with E-state index < -0.39 is 0 Å². The number of nitrogens with two attached hydrogens (primary N) is 1. The van der Waals surface area contributed by atoms with Crippen molar-refractivity contribution in [2.24, 2.45) is 5.10 Å². The summed E-state index contributed by atoms with van der Waals surface area (Å²) in [6.07, 6.45) is 1.53. The first-order valence-corrected chi connectivity index (χ1v) is 8.29. The zero-order valence-electron chi connectivity index (χ0n) is 13.5.